The van der Waals surface area contributed by atoms with Crippen LogP contribution in [0, 0.1) is 5.92 Å². The summed E-state index contributed by atoms with van der Waals surface area (Å²) in [5.41, 5.74) is 6.14. The summed E-state index contributed by atoms with van der Waals surface area (Å²) in [4.78, 5) is 23.0. The Morgan fingerprint density at radius 3 is 2.27 bits per heavy atom. The number of carboxylic acid groups (broad SMARTS) is 1. The Bertz CT molecular complexity index is 532. The third-order valence-electron chi connectivity index (χ3n) is 3.12. The van der Waals surface area contributed by atoms with Crippen molar-refractivity contribution in [2.75, 3.05) is 0 Å². The molecule has 8 heteroatoms. The Balaban J connectivity index is 0.00000441. The van der Waals surface area contributed by atoms with E-state index in [0.717, 1.165) is 0 Å². The average Bonchev–Trinajstić information content (AvgIpc) is 2.40. The first kappa shape index (κ1) is 19.7. The minimum absolute atomic E-state index is 0. The molecule has 0 fully saturated rings. The molecule has 1 aromatic rings. The Hall–Kier alpha value is -2.32. The molecule has 0 radical (unpaired) electrons. The summed E-state index contributed by atoms with van der Waals surface area (Å²) < 4.78 is 0. The molecule has 2 atom stereocenters. The SMILES string of the molecule is CC(C)[C@H](N)C(=O)N[C@@H](Cc1ccc(O)c(O)c1)C(=O)O.O. The van der Waals surface area contributed by atoms with E-state index >= 15 is 0 Å². The maximum Gasteiger partial charge on any atom is 0.326 e. The fourth-order valence-electron chi connectivity index (χ4n) is 1.70. The second-order valence-electron chi connectivity index (χ2n) is 5.20. The van der Waals surface area contributed by atoms with Gasteiger partial charge in [0.25, 0.3) is 0 Å². The first-order valence-electron chi connectivity index (χ1n) is 6.52. The van der Waals surface area contributed by atoms with E-state index in [1.807, 2.05) is 0 Å². The van der Waals surface area contributed by atoms with Gasteiger partial charge in [-0.25, -0.2) is 4.79 Å². The monoisotopic (exact) mass is 314 g/mol. The zero-order valence-electron chi connectivity index (χ0n) is 12.4. The summed E-state index contributed by atoms with van der Waals surface area (Å²) in [5.74, 6) is -2.50. The van der Waals surface area contributed by atoms with Crippen LogP contribution in [0.1, 0.15) is 19.4 Å². The van der Waals surface area contributed by atoms with Crippen molar-refractivity contribution in [2.24, 2.45) is 11.7 Å². The van der Waals surface area contributed by atoms with E-state index in [9.17, 15) is 19.8 Å². The summed E-state index contributed by atoms with van der Waals surface area (Å²) in [6.45, 7) is 3.52. The van der Waals surface area contributed by atoms with Gasteiger partial charge in [-0.2, -0.15) is 0 Å². The Morgan fingerprint density at radius 2 is 1.82 bits per heavy atom. The van der Waals surface area contributed by atoms with Crippen molar-refractivity contribution in [2.45, 2.75) is 32.4 Å². The molecule has 8 N–H and O–H groups in total. The van der Waals surface area contributed by atoms with Crippen molar-refractivity contribution in [1.29, 1.82) is 0 Å². The summed E-state index contributed by atoms with van der Waals surface area (Å²) in [7, 11) is 0. The van der Waals surface area contributed by atoms with Gasteiger partial charge in [-0.3, -0.25) is 4.79 Å². The van der Waals surface area contributed by atoms with Crippen LogP contribution in [0.15, 0.2) is 18.2 Å². The Morgan fingerprint density at radius 1 is 1.23 bits per heavy atom. The molecule has 0 unspecified atom stereocenters. The highest BCUT2D eigenvalue weighted by atomic mass is 16.4. The third-order valence-corrected chi connectivity index (χ3v) is 3.12. The normalized spacial score (nSPS) is 13.1. The van der Waals surface area contributed by atoms with Crippen molar-refractivity contribution in [1.82, 2.24) is 5.32 Å². The summed E-state index contributed by atoms with van der Waals surface area (Å²) in [5, 5.41) is 30.1. The molecule has 0 aromatic heterocycles. The van der Waals surface area contributed by atoms with E-state index in [2.05, 4.69) is 5.32 Å². The smallest absolute Gasteiger partial charge is 0.326 e. The number of rotatable bonds is 6. The fraction of sp³-hybridized carbons (Fsp3) is 0.429. The molecule has 0 bridgehead atoms. The Kier molecular flexibility index (Phi) is 7.34. The van der Waals surface area contributed by atoms with Gasteiger partial charge in [0.1, 0.15) is 6.04 Å². The first-order valence-corrected chi connectivity index (χ1v) is 6.52. The number of benzene rings is 1. The highest BCUT2D eigenvalue weighted by molar-refractivity contribution is 5.87. The molecule has 1 amide bonds. The number of hydrogen-bond donors (Lipinski definition) is 5. The quantitative estimate of drug-likeness (QED) is 0.438. The lowest BCUT2D eigenvalue weighted by Gasteiger charge is -2.20. The van der Waals surface area contributed by atoms with Crippen molar-refractivity contribution in [3.63, 3.8) is 0 Å². The summed E-state index contributed by atoms with van der Waals surface area (Å²) >= 11 is 0. The molecule has 0 aliphatic heterocycles. The molecule has 8 nitrogen and oxygen atoms in total. The molecule has 0 heterocycles. The van der Waals surface area contributed by atoms with Crippen LogP contribution in [-0.4, -0.2) is 44.8 Å². The number of phenolic OH excluding ortho intramolecular Hbond substituents is 2. The van der Waals surface area contributed by atoms with E-state index in [1.54, 1.807) is 13.8 Å². The molecule has 0 aliphatic rings. The van der Waals surface area contributed by atoms with Crippen LogP contribution in [0.3, 0.4) is 0 Å². The number of nitrogens with two attached hydrogens (primary N) is 1. The van der Waals surface area contributed by atoms with Gasteiger partial charge in [0.05, 0.1) is 6.04 Å². The molecular weight excluding hydrogens is 292 g/mol. The number of aliphatic carboxylic acids is 1. The highest BCUT2D eigenvalue weighted by Crippen LogP contribution is 2.25. The minimum Gasteiger partial charge on any atom is -0.504 e. The second-order valence-corrected chi connectivity index (χ2v) is 5.20. The number of nitrogens with one attached hydrogen (secondary N) is 1. The number of carbonyl (C=O) groups excluding carboxylic acids is 1. The van der Waals surface area contributed by atoms with Crippen LogP contribution >= 0.6 is 0 Å². The van der Waals surface area contributed by atoms with Crippen LogP contribution in [0.5, 0.6) is 11.5 Å². The van der Waals surface area contributed by atoms with Gasteiger partial charge < -0.3 is 31.8 Å². The van der Waals surface area contributed by atoms with Crippen LogP contribution < -0.4 is 11.1 Å². The lowest BCUT2D eigenvalue weighted by Crippen LogP contribution is -2.51. The lowest BCUT2D eigenvalue weighted by molar-refractivity contribution is -0.142. The van der Waals surface area contributed by atoms with Gasteiger partial charge in [-0.05, 0) is 23.6 Å². The molecule has 1 rings (SSSR count). The molecule has 22 heavy (non-hydrogen) atoms. The molecule has 0 saturated carbocycles. The molecule has 0 aliphatic carbocycles. The number of carboxylic acids is 1. The van der Waals surface area contributed by atoms with Gasteiger partial charge in [0.15, 0.2) is 11.5 Å². The van der Waals surface area contributed by atoms with Gasteiger partial charge in [0, 0.05) is 6.42 Å². The maximum absolute atomic E-state index is 11.8. The standard InChI is InChI=1S/C14H20N2O5.H2O/c1-7(2)12(15)13(19)16-9(14(20)21)5-8-3-4-10(17)11(18)6-8;/h3-4,6-7,9,12,17-18H,5,15H2,1-2H3,(H,16,19)(H,20,21);1H2/t9-,12-;/m0./s1. The predicted molar refractivity (Wildman–Crippen MR) is 79.5 cm³/mol. The van der Waals surface area contributed by atoms with E-state index in [0.29, 0.717) is 5.56 Å². The molecule has 0 saturated heterocycles. The largest absolute Gasteiger partial charge is 0.504 e. The topological polar surface area (TPSA) is 164 Å². The maximum atomic E-state index is 11.8. The second kappa shape index (κ2) is 8.20. The van der Waals surface area contributed by atoms with Crippen LogP contribution in [0.2, 0.25) is 0 Å². The predicted octanol–water partition coefficient (Wildman–Crippen LogP) is -0.632. The van der Waals surface area contributed by atoms with E-state index in [1.165, 1.54) is 18.2 Å². The van der Waals surface area contributed by atoms with Crippen molar-refractivity contribution < 1.29 is 30.4 Å². The molecule has 1 aromatic carbocycles. The Labute approximate surface area is 127 Å². The zero-order chi connectivity index (χ0) is 16.2. The van der Waals surface area contributed by atoms with Gasteiger partial charge in [0.2, 0.25) is 5.91 Å². The number of phenols is 2. The third kappa shape index (κ3) is 5.23. The van der Waals surface area contributed by atoms with Crippen molar-refractivity contribution in [3.8, 4) is 11.5 Å². The van der Waals surface area contributed by atoms with Crippen molar-refractivity contribution in [3.05, 3.63) is 23.8 Å². The van der Waals surface area contributed by atoms with Gasteiger partial charge in [-0.1, -0.05) is 19.9 Å². The summed E-state index contributed by atoms with van der Waals surface area (Å²) in [6, 6.07) is 2.02. The van der Waals surface area contributed by atoms with Crippen LogP contribution in [0.25, 0.3) is 0 Å². The molecular formula is C14H22N2O6. The van der Waals surface area contributed by atoms with E-state index < -0.39 is 24.0 Å². The molecule has 124 valence electrons. The zero-order valence-corrected chi connectivity index (χ0v) is 12.4. The molecule has 0 spiro atoms. The fourth-order valence-corrected chi connectivity index (χ4v) is 1.70. The average molecular weight is 314 g/mol. The van der Waals surface area contributed by atoms with Crippen molar-refractivity contribution >= 4 is 11.9 Å². The van der Waals surface area contributed by atoms with Gasteiger partial charge in [-0.15, -0.1) is 0 Å². The van der Waals surface area contributed by atoms with E-state index in [-0.39, 0.29) is 29.3 Å². The van der Waals surface area contributed by atoms with Crippen LogP contribution in [0.4, 0.5) is 0 Å². The number of amides is 1. The van der Waals surface area contributed by atoms with Gasteiger partial charge >= 0.3 is 5.97 Å². The number of carbonyl (C=O) groups is 2. The first-order chi connectivity index (χ1) is 9.72. The lowest BCUT2D eigenvalue weighted by atomic mass is 10.0. The van der Waals surface area contributed by atoms with E-state index in [4.69, 9.17) is 10.8 Å². The van der Waals surface area contributed by atoms with Crippen LogP contribution in [-0.2, 0) is 16.0 Å². The summed E-state index contributed by atoms with van der Waals surface area (Å²) in [6.07, 6.45) is -0.0280. The highest BCUT2D eigenvalue weighted by Gasteiger charge is 2.25. The minimum atomic E-state index is -1.20. The number of aromatic hydroxyl groups is 2. The number of hydrogen-bond acceptors (Lipinski definition) is 5.